The number of rotatable bonds is 4. The molecule has 0 saturated heterocycles. The van der Waals surface area contributed by atoms with Crippen LogP contribution in [0.15, 0.2) is 36.5 Å². The Bertz CT molecular complexity index is 721. The molecule has 0 atom stereocenters. The number of nitriles is 1. The molecule has 0 bridgehead atoms. The SMILES string of the molecule is CC(=O)c1cc(C(=O)NCc2ccc(C#N)cc2)n(C)c1. The van der Waals surface area contributed by atoms with Crippen molar-refractivity contribution in [2.75, 3.05) is 0 Å². The molecule has 1 aromatic carbocycles. The number of aromatic nitrogens is 1. The average molecular weight is 281 g/mol. The van der Waals surface area contributed by atoms with Gasteiger partial charge in [-0.05, 0) is 30.7 Å². The number of aryl methyl sites for hydroxylation is 1. The van der Waals surface area contributed by atoms with E-state index in [0.717, 1.165) is 5.56 Å². The summed E-state index contributed by atoms with van der Waals surface area (Å²) in [4.78, 5) is 23.4. The molecule has 5 heteroatoms. The van der Waals surface area contributed by atoms with E-state index < -0.39 is 0 Å². The molecular weight excluding hydrogens is 266 g/mol. The summed E-state index contributed by atoms with van der Waals surface area (Å²) in [5.41, 5.74) is 2.44. The van der Waals surface area contributed by atoms with Crippen LogP contribution in [0, 0.1) is 11.3 Å². The molecule has 0 spiro atoms. The average Bonchev–Trinajstić information content (AvgIpc) is 2.87. The number of hydrogen-bond donors (Lipinski definition) is 1. The van der Waals surface area contributed by atoms with E-state index in [1.54, 1.807) is 48.1 Å². The Labute approximate surface area is 122 Å². The van der Waals surface area contributed by atoms with E-state index in [1.165, 1.54) is 6.92 Å². The molecule has 1 N–H and O–H groups in total. The lowest BCUT2D eigenvalue weighted by atomic mass is 10.1. The van der Waals surface area contributed by atoms with E-state index in [-0.39, 0.29) is 11.7 Å². The van der Waals surface area contributed by atoms with Gasteiger partial charge in [0.1, 0.15) is 5.69 Å². The lowest BCUT2D eigenvalue weighted by Crippen LogP contribution is -2.24. The smallest absolute Gasteiger partial charge is 0.268 e. The first-order valence-corrected chi connectivity index (χ1v) is 6.46. The minimum atomic E-state index is -0.241. The number of carbonyl (C=O) groups excluding carboxylic acids is 2. The molecule has 1 amide bonds. The van der Waals surface area contributed by atoms with Crippen molar-refractivity contribution in [2.24, 2.45) is 7.05 Å². The Kier molecular flexibility index (Phi) is 4.19. The zero-order chi connectivity index (χ0) is 15.4. The molecule has 0 unspecified atom stereocenters. The van der Waals surface area contributed by atoms with Crippen molar-refractivity contribution in [3.63, 3.8) is 0 Å². The summed E-state index contributed by atoms with van der Waals surface area (Å²) in [5.74, 6) is -0.314. The quantitative estimate of drug-likeness (QED) is 0.871. The molecule has 106 valence electrons. The summed E-state index contributed by atoms with van der Waals surface area (Å²) < 4.78 is 1.63. The van der Waals surface area contributed by atoms with Gasteiger partial charge in [-0.15, -0.1) is 0 Å². The Morgan fingerprint density at radius 1 is 1.29 bits per heavy atom. The number of nitrogens with zero attached hydrogens (tertiary/aromatic N) is 2. The standard InChI is InChI=1S/C16H15N3O2/c1-11(20)14-7-15(19(2)10-14)16(21)18-9-13-5-3-12(8-17)4-6-13/h3-7,10H,9H2,1-2H3,(H,18,21). The van der Waals surface area contributed by atoms with Crippen molar-refractivity contribution in [2.45, 2.75) is 13.5 Å². The summed E-state index contributed by atoms with van der Waals surface area (Å²) in [6.07, 6.45) is 1.64. The van der Waals surface area contributed by atoms with Gasteiger partial charge < -0.3 is 9.88 Å². The molecule has 0 radical (unpaired) electrons. The Hall–Kier alpha value is -2.87. The molecule has 2 aromatic rings. The van der Waals surface area contributed by atoms with Crippen molar-refractivity contribution >= 4 is 11.7 Å². The van der Waals surface area contributed by atoms with E-state index in [0.29, 0.717) is 23.4 Å². The third-order valence-corrected chi connectivity index (χ3v) is 3.18. The molecule has 1 aromatic heterocycles. The molecule has 1 heterocycles. The number of hydrogen-bond acceptors (Lipinski definition) is 3. The number of nitrogens with one attached hydrogen (secondary N) is 1. The lowest BCUT2D eigenvalue weighted by Gasteiger charge is -2.06. The number of Topliss-reactive ketones (excluding diaryl/α,β-unsaturated/α-hetero) is 1. The minimum absolute atomic E-state index is 0.0725. The molecule has 5 nitrogen and oxygen atoms in total. The lowest BCUT2D eigenvalue weighted by molar-refractivity contribution is 0.0942. The highest BCUT2D eigenvalue weighted by molar-refractivity contribution is 5.99. The van der Waals surface area contributed by atoms with Gasteiger partial charge in [-0.3, -0.25) is 9.59 Å². The fourth-order valence-electron chi connectivity index (χ4n) is 1.95. The van der Waals surface area contributed by atoms with E-state index in [4.69, 9.17) is 5.26 Å². The third kappa shape index (κ3) is 3.37. The van der Waals surface area contributed by atoms with Crippen molar-refractivity contribution in [1.82, 2.24) is 9.88 Å². The molecular formula is C16H15N3O2. The fraction of sp³-hybridized carbons (Fsp3) is 0.188. The van der Waals surface area contributed by atoms with Gasteiger partial charge >= 0.3 is 0 Å². The van der Waals surface area contributed by atoms with Crippen LogP contribution in [0.2, 0.25) is 0 Å². The Morgan fingerprint density at radius 3 is 2.48 bits per heavy atom. The topological polar surface area (TPSA) is 74.9 Å². The number of amides is 1. The molecule has 0 aliphatic rings. The second kappa shape index (κ2) is 6.06. The van der Waals surface area contributed by atoms with Crippen LogP contribution in [0.3, 0.4) is 0 Å². The number of carbonyl (C=O) groups is 2. The largest absolute Gasteiger partial charge is 0.347 e. The van der Waals surface area contributed by atoms with Crippen LogP contribution >= 0.6 is 0 Å². The van der Waals surface area contributed by atoms with Gasteiger partial charge in [0, 0.05) is 25.4 Å². The predicted octanol–water partition coefficient (Wildman–Crippen LogP) is 2.03. The van der Waals surface area contributed by atoms with Crippen molar-refractivity contribution < 1.29 is 9.59 Å². The van der Waals surface area contributed by atoms with Crippen molar-refractivity contribution in [3.8, 4) is 6.07 Å². The summed E-state index contributed by atoms with van der Waals surface area (Å²) in [6.45, 7) is 1.83. The maximum atomic E-state index is 12.1. The van der Waals surface area contributed by atoms with Gasteiger partial charge in [0.2, 0.25) is 0 Å². The van der Waals surface area contributed by atoms with E-state index >= 15 is 0 Å². The van der Waals surface area contributed by atoms with Gasteiger partial charge in [0.05, 0.1) is 11.6 Å². The highest BCUT2D eigenvalue weighted by Crippen LogP contribution is 2.09. The van der Waals surface area contributed by atoms with E-state index in [2.05, 4.69) is 5.32 Å². The first-order valence-electron chi connectivity index (χ1n) is 6.46. The van der Waals surface area contributed by atoms with Crippen LogP contribution in [-0.4, -0.2) is 16.3 Å². The normalized spacial score (nSPS) is 9.95. The monoisotopic (exact) mass is 281 g/mol. The van der Waals surface area contributed by atoms with Crippen molar-refractivity contribution in [1.29, 1.82) is 5.26 Å². The summed E-state index contributed by atoms with van der Waals surface area (Å²) >= 11 is 0. The summed E-state index contributed by atoms with van der Waals surface area (Å²) in [6, 6.07) is 10.6. The van der Waals surface area contributed by atoms with Gasteiger partial charge in [-0.1, -0.05) is 12.1 Å². The molecule has 0 saturated carbocycles. The van der Waals surface area contributed by atoms with Crippen LogP contribution in [0.1, 0.15) is 38.9 Å². The van der Waals surface area contributed by atoms with Crippen LogP contribution in [0.25, 0.3) is 0 Å². The molecule has 2 rings (SSSR count). The minimum Gasteiger partial charge on any atom is -0.347 e. The number of ketones is 1. The molecule has 0 aliphatic carbocycles. The van der Waals surface area contributed by atoms with Gasteiger partial charge in [0.25, 0.3) is 5.91 Å². The maximum Gasteiger partial charge on any atom is 0.268 e. The zero-order valence-electron chi connectivity index (χ0n) is 11.9. The van der Waals surface area contributed by atoms with Crippen LogP contribution in [-0.2, 0) is 13.6 Å². The Morgan fingerprint density at radius 2 is 1.95 bits per heavy atom. The first-order chi connectivity index (χ1) is 10.0. The highest BCUT2D eigenvalue weighted by atomic mass is 16.2. The van der Waals surface area contributed by atoms with Gasteiger partial charge in [-0.25, -0.2) is 0 Å². The van der Waals surface area contributed by atoms with Crippen LogP contribution in [0.5, 0.6) is 0 Å². The second-order valence-corrected chi connectivity index (χ2v) is 4.77. The van der Waals surface area contributed by atoms with Crippen LogP contribution < -0.4 is 5.32 Å². The zero-order valence-corrected chi connectivity index (χ0v) is 11.9. The van der Waals surface area contributed by atoms with Gasteiger partial charge in [0.15, 0.2) is 5.78 Å². The maximum absolute atomic E-state index is 12.1. The van der Waals surface area contributed by atoms with E-state index in [9.17, 15) is 9.59 Å². The van der Waals surface area contributed by atoms with Crippen molar-refractivity contribution in [3.05, 3.63) is 58.9 Å². The second-order valence-electron chi connectivity index (χ2n) is 4.77. The fourth-order valence-corrected chi connectivity index (χ4v) is 1.95. The summed E-state index contributed by atoms with van der Waals surface area (Å²) in [7, 11) is 1.73. The van der Waals surface area contributed by atoms with E-state index in [1.807, 2.05) is 6.07 Å². The number of benzene rings is 1. The first kappa shape index (κ1) is 14.5. The molecule has 0 aliphatic heterocycles. The molecule has 21 heavy (non-hydrogen) atoms. The van der Waals surface area contributed by atoms with Crippen LogP contribution in [0.4, 0.5) is 0 Å². The molecule has 0 fully saturated rings. The summed E-state index contributed by atoms with van der Waals surface area (Å²) in [5, 5.41) is 11.5. The highest BCUT2D eigenvalue weighted by Gasteiger charge is 2.13. The Balaban J connectivity index is 2.04. The van der Waals surface area contributed by atoms with Gasteiger partial charge in [-0.2, -0.15) is 5.26 Å². The third-order valence-electron chi connectivity index (χ3n) is 3.18. The predicted molar refractivity (Wildman–Crippen MR) is 77.7 cm³/mol.